The molecular weight excluding hydrogens is 356 g/mol. The summed E-state index contributed by atoms with van der Waals surface area (Å²) in [5.41, 5.74) is 0.837. The maximum atomic E-state index is 12.8. The van der Waals surface area contributed by atoms with Gasteiger partial charge in [0, 0.05) is 57.5 Å². The lowest BCUT2D eigenvalue weighted by Crippen LogP contribution is -2.45. The van der Waals surface area contributed by atoms with E-state index in [2.05, 4.69) is 10.6 Å². The number of anilines is 1. The number of likely N-dealkylation sites (tertiary alicyclic amines) is 2. The lowest BCUT2D eigenvalue weighted by Gasteiger charge is -2.38. The van der Waals surface area contributed by atoms with Crippen LogP contribution in [-0.4, -0.2) is 67.8 Å². The Morgan fingerprint density at radius 2 is 1.75 bits per heavy atom. The number of para-hydroxylation sites is 1. The Hall–Kier alpha value is -2.28. The average Bonchev–Trinajstić information content (AvgIpc) is 3.37. The second-order valence-corrected chi connectivity index (χ2v) is 8.23. The van der Waals surface area contributed by atoms with Crippen molar-refractivity contribution < 1.29 is 14.3 Å². The van der Waals surface area contributed by atoms with Crippen LogP contribution in [0.5, 0.6) is 0 Å². The average molecular weight is 386 g/mol. The highest BCUT2D eigenvalue weighted by Gasteiger charge is 2.48. The van der Waals surface area contributed by atoms with Gasteiger partial charge in [-0.25, -0.2) is 9.59 Å². The fourth-order valence-electron chi connectivity index (χ4n) is 4.78. The summed E-state index contributed by atoms with van der Waals surface area (Å²) in [7, 11) is 0. The topological polar surface area (TPSA) is 73.9 Å². The first-order valence-electron chi connectivity index (χ1n) is 10.4. The van der Waals surface area contributed by atoms with Crippen LogP contribution in [0.3, 0.4) is 0 Å². The van der Waals surface area contributed by atoms with Gasteiger partial charge in [0.05, 0.1) is 0 Å². The van der Waals surface area contributed by atoms with Crippen LogP contribution in [-0.2, 0) is 4.74 Å². The molecule has 7 nitrogen and oxygen atoms in total. The molecule has 7 heteroatoms. The van der Waals surface area contributed by atoms with Gasteiger partial charge in [0.25, 0.3) is 0 Å². The van der Waals surface area contributed by atoms with E-state index in [4.69, 9.17) is 4.74 Å². The molecule has 0 saturated carbocycles. The van der Waals surface area contributed by atoms with Crippen molar-refractivity contribution in [3.8, 4) is 0 Å². The van der Waals surface area contributed by atoms with Gasteiger partial charge in [-0.3, -0.25) is 0 Å². The maximum Gasteiger partial charge on any atom is 0.321 e. The minimum atomic E-state index is -0.0644. The van der Waals surface area contributed by atoms with Crippen LogP contribution in [0.15, 0.2) is 30.3 Å². The first-order valence-corrected chi connectivity index (χ1v) is 10.4. The van der Waals surface area contributed by atoms with Crippen LogP contribution in [0.25, 0.3) is 0 Å². The molecule has 3 fully saturated rings. The summed E-state index contributed by atoms with van der Waals surface area (Å²) in [5, 5.41) is 6.13. The summed E-state index contributed by atoms with van der Waals surface area (Å²) in [5.74, 6) is 0.254. The van der Waals surface area contributed by atoms with Crippen molar-refractivity contribution in [2.75, 3.05) is 51.3 Å². The minimum Gasteiger partial charge on any atom is -0.381 e. The van der Waals surface area contributed by atoms with Crippen molar-refractivity contribution >= 4 is 17.7 Å². The maximum absolute atomic E-state index is 12.8. The molecule has 0 bridgehead atoms. The van der Waals surface area contributed by atoms with Crippen LogP contribution < -0.4 is 10.6 Å². The molecule has 1 unspecified atom stereocenters. The number of nitrogens with zero attached hydrogens (tertiary/aromatic N) is 2. The van der Waals surface area contributed by atoms with E-state index < -0.39 is 0 Å². The molecule has 3 aliphatic rings. The number of benzene rings is 1. The molecule has 0 aromatic heterocycles. The fraction of sp³-hybridized carbons (Fsp3) is 0.619. The standard InChI is InChI=1S/C21H30N4O3/c26-19(24-10-4-5-11-24)22-14-17-15-25(16-21(17)8-12-28-13-9-21)20(27)23-18-6-2-1-3-7-18/h1-3,6-7,17H,4-5,8-16H2,(H,22,26)(H,23,27). The number of urea groups is 2. The molecule has 0 radical (unpaired) electrons. The van der Waals surface area contributed by atoms with Gasteiger partial charge in [-0.1, -0.05) is 18.2 Å². The monoisotopic (exact) mass is 386 g/mol. The van der Waals surface area contributed by atoms with E-state index >= 15 is 0 Å². The predicted octanol–water partition coefficient (Wildman–Crippen LogP) is 2.75. The number of hydrogen-bond acceptors (Lipinski definition) is 3. The zero-order valence-corrected chi connectivity index (χ0v) is 16.4. The second-order valence-electron chi connectivity index (χ2n) is 8.23. The van der Waals surface area contributed by atoms with Crippen LogP contribution in [0.1, 0.15) is 25.7 Å². The number of carbonyl (C=O) groups excluding carboxylic acids is 2. The fourth-order valence-corrected chi connectivity index (χ4v) is 4.78. The summed E-state index contributed by atoms with van der Waals surface area (Å²) in [6.45, 7) is 5.15. The van der Waals surface area contributed by atoms with Gasteiger partial charge in [-0.05, 0) is 43.2 Å². The molecule has 4 rings (SSSR count). The summed E-state index contributed by atoms with van der Waals surface area (Å²) < 4.78 is 5.59. The Bertz CT molecular complexity index is 684. The molecule has 3 heterocycles. The predicted molar refractivity (Wildman–Crippen MR) is 107 cm³/mol. The number of hydrogen-bond donors (Lipinski definition) is 2. The van der Waals surface area contributed by atoms with Gasteiger partial charge in [0.2, 0.25) is 0 Å². The molecule has 2 N–H and O–H groups in total. The Kier molecular flexibility index (Phi) is 5.71. The van der Waals surface area contributed by atoms with Crippen LogP contribution >= 0.6 is 0 Å². The van der Waals surface area contributed by atoms with Crippen molar-refractivity contribution in [2.24, 2.45) is 11.3 Å². The van der Waals surface area contributed by atoms with Crippen LogP contribution in [0.4, 0.5) is 15.3 Å². The number of nitrogens with one attached hydrogen (secondary N) is 2. The van der Waals surface area contributed by atoms with Crippen molar-refractivity contribution in [3.05, 3.63) is 30.3 Å². The van der Waals surface area contributed by atoms with Crippen molar-refractivity contribution in [1.82, 2.24) is 15.1 Å². The number of ether oxygens (including phenoxy) is 1. The molecule has 4 amide bonds. The van der Waals surface area contributed by atoms with Crippen molar-refractivity contribution in [1.29, 1.82) is 0 Å². The molecule has 1 spiro atoms. The van der Waals surface area contributed by atoms with Crippen molar-refractivity contribution in [3.63, 3.8) is 0 Å². The van der Waals surface area contributed by atoms with Gasteiger partial charge in [-0.15, -0.1) is 0 Å². The number of rotatable bonds is 3. The van der Waals surface area contributed by atoms with E-state index in [1.54, 1.807) is 0 Å². The molecule has 3 aliphatic heterocycles. The second kappa shape index (κ2) is 8.39. The molecule has 3 saturated heterocycles. The van der Waals surface area contributed by atoms with Gasteiger partial charge in [0.15, 0.2) is 0 Å². The molecule has 0 aliphatic carbocycles. The summed E-state index contributed by atoms with van der Waals surface area (Å²) in [6, 6.07) is 9.52. The highest BCUT2D eigenvalue weighted by atomic mass is 16.5. The first-order chi connectivity index (χ1) is 13.7. The lowest BCUT2D eigenvalue weighted by atomic mass is 9.72. The van der Waals surface area contributed by atoms with Crippen LogP contribution in [0, 0.1) is 11.3 Å². The van der Waals surface area contributed by atoms with Gasteiger partial charge in [-0.2, -0.15) is 0 Å². The Labute approximate surface area is 166 Å². The van der Waals surface area contributed by atoms with Crippen molar-refractivity contribution in [2.45, 2.75) is 25.7 Å². The molecule has 152 valence electrons. The third-order valence-electron chi connectivity index (χ3n) is 6.51. The third kappa shape index (κ3) is 4.09. The molecule has 1 aromatic rings. The Morgan fingerprint density at radius 1 is 1.04 bits per heavy atom. The highest BCUT2D eigenvalue weighted by molar-refractivity contribution is 5.89. The normalized spacial score (nSPS) is 23.8. The van der Waals surface area contributed by atoms with E-state index in [9.17, 15) is 9.59 Å². The molecule has 1 aromatic carbocycles. The molecule has 1 atom stereocenters. The zero-order chi connectivity index (χ0) is 19.4. The summed E-state index contributed by atoms with van der Waals surface area (Å²) >= 11 is 0. The van der Waals surface area contributed by atoms with Gasteiger partial charge >= 0.3 is 12.1 Å². The first kappa shape index (κ1) is 19.1. The number of carbonyl (C=O) groups is 2. The lowest BCUT2D eigenvalue weighted by molar-refractivity contribution is 0.00113. The largest absolute Gasteiger partial charge is 0.381 e. The van der Waals surface area contributed by atoms with E-state index in [1.165, 1.54) is 0 Å². The van der Waals surface area contributed by atoms with E-state index in [0.29, 0.717) is 13.1 Å². The molecule has 28 heavy (non-hydrogen) atoms. The van der Waals surface area contributed by atoms with E-state index in [1.807, 2.05) is 40.1 Å². The van der Waals surface area contributed by atoms with E-state index in [0.717, 1.165) is 64.2 Å². The highest BCUT2D eigenvalue weighted by Crippen LogP contribution is 2.44. The zero-order valence-electron chi connectivity index (χ0n) is 16.4. The quantitative estimate of drug-likeness (QED) is 0.839. The molecular formula is C21H30N4O3. The third-order valence-corrected chi connectivity index (χ3v) is 6.51. The Balaban J connectivity index is 1.40. The van der Waals surface area contributed by atoms with E-state index in [-0.39, 0.29) is 23.4 Å². The summed E-state index contributed by atoms with van der Waals surface area (Å²) in [4.78, 5) is 29.1. The van der Waals surface area contributed by atoms with Gasteiger partial charge < -0.3 is 25.2 Å². The minimum absolute atomic E-state index is 0.0323. The van der Waals surface area contributed by atoms with Crippen LogP contribution in [0.2, 0.25) is 0 Å². The SMILES string of the molecule is O=C(NCC1CN(C(=O)Nc2ccccc2)CC12CCOCC2)N1CCCC1. The number of amides is 4. The van der Waals surface area contributed by atoms with Gasteiger partial charge in [0.1, 0.15) is 0 Å². The summed E-state index contributed by atoms with van der Waals surface area (Å²) in [6.07, 6.45) is 4.05. The Morgan fingerprint density at radius 3 is 2.46 bits per heavy atom. The smallest absolute Gasteiger partial charge is 0.321 e.